The Hall–Kier alpha value is -3.75. The van der Waals surface area contributed by atoms with Gasteiger partial charge in [-0.25, -0.2) is 4.98 Å². The van der Waals surface area contributed by atoms with Crippen LogP contribution in [0.5, 0.6) is 5.88 Å². The van der Waals surface area contributed by atoms with Crippen LogP contribution in [0.4, 0.5) is 0 Å². The highest BCUT2D eigenvalue weighted by Crippen LogP contribution is 2.26. The molecule has 1 aliphatic rings. The summed E-state index contributed by atoms with van der Waals surface area (Å²) < 4.78 is 10.6. The first-order chi connectivity index (χ1) is 16.1. The van der Waals surface area contributed by atoms with E-state index in [4.69, 9.17) is 9.26 Å². The zero-order chi connectivity index (χ0) is 23.0. The Morgan fingerprint density at radius 3 is 2.76 bits per heavy atom. The number of ether oxygens (including phenoxy) is 1. The molecule has 1 saturated heterocycles. The van der Waals surface area contributed by atoms with E-state index in [1.165, 1.54) is 13.3 Å². The molecule has 1 N–H and O–H groups in total. The van der Waals surface area contributed by atoms with Crippen LogP contribution in [0.15, 0.2) is 53.2 Å². The highest BCUT2D eigenvalue weighted by molar-refractivity contribution is 5.94. The minimum absolute atomic E-state index is 0.00651. The van der Waals surface area contributed by atoms with Crippen molar-refractivity contribution in [3.8, 4) is 17.3 Å². The molecule has 1 aliphatic heterocycles. The first-order valence-corrected chi connectivity index (χ1v) is 11.1. The molecule has 4 rings (SSSR count). The normalized spacial score (nSPS) is 17.7. The third-order valence-electron chi connectivity index (χ3n) is 5.71. The molecule has 1 fully saturated rings. The number of hydrogen-bond donors (Lipinski definition) is 1. The topological polar surface area (TPSA) is 110 Å². The van der Waals surface area contributed by atoms with Gasteiger partial charge >= 0.3 is 0 Å². The summed E-state index contributed by atoms with van der Waals surface area (Å²) in [7, 11) is 1.53. The standard InChI is InChI=1S/C24H27N5O4/c1-32-21-10-9-19(16-26-21)24(31)29-14-5-8-18(11-13-25-20(30)12-15-29)23-27-22(28-33-23)17-6-3-2-4-7-17/h2-4,6-7,9-10,16,18H,5,8,11-15H2,1H3,(H,25,30). The third kappa shape index (κ3) is 5.74. The molecule has 172 valence electrons. The molecule has 3 heterocycles. The van der Waals surface area contributed by atoms with Gasteiger partial charge in [0.1, 0.15) is 0 Å². The van der Waals surface area contributed by atoms with E-state index >= 15 is 0 Å². The monoisotopic (exact) mass is 449 g/mol. The number of carbonyl (C=O) groups excluding carboxylic acids is 2. The van der Waals surface area contributed by atoms with Crippen molar-refractivity contribution in [3.63, 3.8) is 0 Å². The number of amides is 2. The Morgan fingerprint density at radius 1 is 1.15 bits per heavy atom. The molecule has 0 bridgehead atoms. The summed E-state index contributed by atoms with van der Waals surface area (Å²) in [5.74, 6) is 1.30. The molecule has 9 heteroatoms. The van der Waals surface area contributed by atoms with Gasteiger partial charge in [-0.2, -0.15) is 4.98 Å². The first-order valence-electron chi connectivity index (χ1n) is 11.1. The number of carbonyl (C=O) groups is 2. The minimum atomic E-state index is -0.155. The summed E-state index contributed by atoms with van der Waals surface area (Å²) in [6.45, 7) is 1.39. The van der Waals surface area contributed by atoms with Gasteiger partial charge in [0.05, 0.1) is 12.7 Å². The van der Waals surface area contributed by atoms with E-state index in [0.717, 1.165) is 18.4 Å². The molecular formula is C24H27N5O4. The Balaban J connectivity index is 1.46. The molecule has 9 nitrogen and oxygen atoms in total. The van der Waals surface area contributed by atoms with Crippen molar-refractivity contribution >= 4 is 11.8 Å². The Morgan fingerprint density at radius 2 is 2.00 bits per heavy atom. The maximum atomic E-state index is 13.0. The van der Waals surface area contributed by atoms with Gasteiger partial charge in [-0.1, -0.05) is 35.5 Å². The van der Waals surface area contributed by atoms with E-state index in [0.29, 0.717) is 49.2 Å². The summed E-state index contributed by atoms with van der Waals surface area (Å²) in [5.41, 5.74) is 1.36. The van der Waals surface area contributed by atoms with Crippen LogP contribution in [-0.4, -0.2) is 58.6 Å². The number of methoxy groups -OCH3 is 1. The summed E-state index contributed by atoms with van der Waals surface area (Å²) in [6, 6.07) is 13.0. The molecule has 0 radical (unpaired) electrons. The molecule has 2 aromatic heterocycles. The number of benzene rings is 1. The number of nitrogens with one attached hydrogen (secondary N) is 1. The minimum Gasteiger partial charge on any atom is -0.481 e. The summed E-state index contributed by atoms with van der Waals surface area (Å²) in [5, 5.41) is 7.07. The highest BCUT2D eigenvalue weighted by Gasteiger charge is 2.23. The average molecular weight is 450 g/mol. The molecule has 0 saturated carbocycles. The molecule has 1 aromatic carbocycles. The lowest BCUT2D eigenvalue weighted by atomic mass is 9.99. The number of nitrogens with zero attached hydrogens (tertiary/aromatic N) is 4. The van der Waals surface area contributed by atoms with Crippen LogP contribution in [0.3, 0.4) is 0 Å². The van der Waals surface area contributed by atoms with Crippen molar-refractivity contribution in [2.45, 2.75) is 31.6 Å². The Kier molecular flexibility index (Phi) is 7.29. The van der Waals surface area contributed by atoms with Gasteiger partial charge in [0.2, 0.25) is 23.5 Å². The smallest absolute Gasteiger partial charge is 0.255 e. The molecular weight excluding hydrogens is 422 g/mol. The van der Waals surface area contributed by atoms with E-state index in [9.17, 15) is 9.59 Å². The molecule has 2 amide bonds. The van der Waals surface area contributed by atoms with Gasteiger partial charge in [-0.15, -0.1) is 0 Å². The maximum Gasteiger partial charge on any atom is 0.255 e. The lowest BCUT2D eigenvalue weighted by Gasteiger charge is -2.22. The first kappa shape index (κ1) is 22.4. The highest BCUT2D eigenvalue weighted by atomic mass is 16.5. The van der Waals surface area contributed by atoms with Gasteiger partial charge in [0, 0.05) is 49.8 Å². The van der Waals surface area contributed by atoms with Gasteiger partial charge in [-0.05, 0) is 25.3 Å². The van der Waals surface area contributed by atoms with E-state index in [1.807, 2.05) is 30.3 Å². The van der Waals surface area contributed by atoms with E-state index in [2.05, 4.69) is 20.4 Å². The predicted octanol–water partition coefficient (Wildman–Crippen LogP) is 3.06. The number of rotatable bonds is 4. The second-order valence-corrected chi connectivity index (χ2v) is 7.93. The number of aromatic nitrogens is 3. The lowest BCUT2D eigenvalue weighted by Crippen LogP contribution is -2.35. The van der Waals surface area contributed by atoms with Crippen molar-refractivity contribution in [1.82, 2.24) is 25.3 Å². The quantitative estimate of drug-likeness (QED) is 0.652. The van der Waals surface area contributed by atoms with Gasteiger partial charge in [0.15, 0.2) is 0 Å². The van der Waals surface area contributed by atoms with Crippen LogP contribution >= 0.6 is 0 Å². The summed E-state index contributed by atoms with van der Waals surface area (Å²) >= 11 is 0. The van der Waals surface area contributed by atoms with E-state index in [-0.39, 0.29) is 24.2 Å². The SMILES string of the molecule is COc1ccc(C(=O)N2CCCC(c3nc(-c4ccccc4)no3)CCNC(=O)CC2)cn1. The largest absolute Gasteiger partial charge is 0.481 e. The molecule has 1 atom stereocenters. The Bertz CT molecular complexity index is 1070. The van der Waals surface area contributed by atoms with Crippen molar-refractivity contribution < 1.29 is 18.8 Å². The van der Waals surface area contributed by atoms with Crippen molar-refractivity contribution in [1.29, 1.82) is 0 Å². The third-order valence-corrected chi connectivity index (χ3v) is 5.71. The molecule has 3 aromatic rings. The van der Waals surface area contributed by atoms with Gasteiger partial charge < -0.3 is 19.5 Å². The van der Waals surface area contributed by atoms with Crippen LogP contribution in [0.2, 0.25) is 0 Å². The van der Waals surface area contributed by atoms with Crippen LogP contribution < -0.4 is 10.1 Å². The van der Waals surface area contributed by atoms with Crippen LogP contribution in [0, 0.1) is 0 Å². The average Bonchev–Trinajstić information content (AvgIpc) is 3.34. The van der Waals surface area contributed by atoms with Gasteiger partial charge in [0.25, 0.3) is 5.91 Å². The van der Waals surface area contributed by atoms with Crippen LogP contribution in [-0.2, 0) is 4.79 Å². The molecule has 0 aliphatic carbocycles. The second kappa shape index (κ2) is 10.7. The van der Waals surface area contributed by atoms with Crippen molar-refractivity contribution in [2.24, 2.45) is 0 Å². The summed E-state index contributed by atoms with van der Waals surface area (Å²) in [4.78, 5) is 35.8. The fourth-order valence-electron chi connectivity index (χ4n) is 3.86. The lowest BCUT2D eigenvalue weighted by molar-refractivity contribution is -0.121. The fraction of sp³-hybridized carbons (Fsp3) is 0.375. The fourth-order valence-corrected chi connectivity index (χ4v) is 3.86. The molecule has 1 unspecified atom stereocenters. The van der Waals surface area contributed by atoms with E-state index in [1.54, 1.807) is 17.0 Å². The second-order valence-electron chi connectivity index (χ2n) is 7.93. The van der Waals surface area contributed by atoms with Gasteiger partial charge in [-0.3, -0.25) is 9.59 Å². The predicted molar refractivity (Wildman–Crippen MR) is 121 cm³/mol. The van der Waals surface area contributed by atoms with Crippen molar-refractivity contribution in [2.75, 3.05) is 26.7 Å². The zero-order valence-electron chi connectivity index (χ0n) is 18.6. The van der Waals surface area contributed by atoms with Crippen LogP contribution in [0.25, 0.3) is 11.4 Å². The van der Waals surface area contributed by atoms with Crippen molar-refractivity contribution in [3.05, 3.63) is 60.1 Å². The zero-order valence-corrected chi connectivity index (χ0v) is 18.6. The Labute approximate surface area is 192 Å². The van der Waals surface area contributed by atoms with Crippen LogP contribution in [0.1, 0.15) is 47.8 Å². The number of pyridine rings is 1. The molecule has 33 heavy (non-hydrogen) atoms. The van der Waals surface area contributed by atoms with E-state index < -0.39 is 0 Å². The number of hydrogen-bond acceptors (Lipinski definition) is 7. The molecule has 0 spiro atoms. The maximum absolute atomic E-state index is 13.0. The summed E-state index contributed by atoms with van der Waals surface area (Å²) in [6.07, 6.45) is 3.95.